The van der Waals surface area contributed by atoms with Crippen LogP contribution in [0.2, 0.25) is 0 Å². The van der Waals surface area contributed by atoms with Crippen LogP contribution in [0.1, 0.15) is 40.5 Å². The molecule has 2 atom stereocenters. The molecule has 1 fully saturated rings. The van der Waals surface area contributed by atoms with E-state index in [0.29, 0.717) is 6.42 Å². The monoisotopic (exact) mass is 273 g/mol. The highest BCUT2D eigenvalue weighted by molar-refractivity contribution is 5.76. The molecule has 0 saturated carbocycles. The Hall–Kier alpha value is -1.30. The van der Waals surface area contributed by atoms with Gasteiger partial charge in [-0.05, 0) is 33.6 Å². The van der Waals surface area contributed by atoms with Gasteiger partial charge in [-0.15, -0.1) is 0 Å². The van der Waals surface area contributed by atoms with Crippen LogP contribution in [0.4, 0.5) is 4.79 Å². The molecule has 1 aliphatic heterocycles. The number of carboxylic acid groups (broad SMARTS) is 1. The fraction of sp³-hybridized carbons (Fsp3) is 0.846. The summed E-state index contributed by atoms with van der Waals surface area (Å²) in [5.41, 5.74) is -1.76. The van der Waals surface area contributed by atoms with Crippen LogP contribution >= 0.6 is 0 Å². The number of piperidine rings is 1. The molecule has 1 amide bonds. The highest BCUT2D eigenvalue weighted by atomic mass is 16.6. The van der Waals surface area contributed by atoms with E-state index >= 15 is 0 Å². The zero-order valence-corrected chi connectivity index (χ0v) is 12.0. The molecule has 0 aromatic carbocycles. The molecule has 0 aliphatic carbocycles. The molecule has 0 radical (unpaired) electrons. The highest BCUT2D eigenvalue weighted by Gasteiger charge is 2.48. The van der Waals surface area contributed by atoms with Gasteiger partial charge in [0.1, 0.15) is 5.60 Å². The lowest BCUT2D eigenvalue weighted by Crippen LogP contribution is -2.56. The van der Waals surface area contributed by atoms with Crippen molar-refractivity contribution in [2.24, 2.45) is 5.41 Å². The lowest BCUT2D eigenvalue weighted by atomic mass is 9.74. The molecule has 0 aromatic heterocycles. The SMILES string of the molecule is CCC1(C(=O)O)CCN(C(=O)OC(C)(C)C)CC1O. The Kier molecular flexibility index (Phi) is 4.45. The van der Waals surface area contributed by atoms with Crippen LogP contribution in [0.5, 0.6) is 0 Å². The van der Waals surface area contributed by atoms with Gasteiger partial charge < -0.3 is 19.8 Å². The third-order valence-electron chi connectivity index (χ3n) is 3.57. The van der Waals surface area contributed by atoms with Crippen LogP contribution in [-0.2, 0) is 9.53 Å². The number of nitrogens with zero attached hydrogens (tertiary/aromatic N) is 1. The number of rotatable bonds is 2. The molecule has 0 aromatic rings. The lowest BCUT2D eigenvalue weighted by molar-refractivity contribution is -0.163. The normalized spacial score (nSPS) is 28.1. The maximum absolute atomic E-state index is 11.9. The van der Waals surface area contributed by atoms with Crippen molar-refractivity contribution >= 4 is 12.1 Å². The Balaban J connectivity index is 2.73. The largest absolute Gasteiger partial charge is 0.481 e. The minimum absolute atomic E-state index is 0.00491. The first-order valence-corrected chi connectivity index (χ1v) is 6.52. The van der Waals surface area contributed by atoms with Gasteiger partial charge in [0.2, 0.25) is 0 Å². The average Bonchev–Trinajstić information content (AvgIpc) is 2.26. The Morgan fingerprint density at radius 1 is 1.42 bits per heavy atom. The van der Waals surface area contributed by atoms with Crippen molar-refractivity contribution in [1.29, 1.82) is 0 Å². The van der Waals surface area contributed by atoms with Gasteiger partial charge in [0.25, 0.3) is 0 Å². The number of aliphatic hydroxyl groups excluding tert-OH is 1. The number of carboxylic acids is 1. The third-order valence-corrected chi connectivity index (χ3v) is 3.57. The predicted octanol–water partition coefficient (Wildman–Crippen LogP) is 1.47. The molecule has 1 heterocycles. The van der Waals surface area contributed by atoms with E-state index in [1.165, 1.54) is 4.90 Å². The van der Waals surface area contributed by atoms with Crippen LogP contribution in [0.15, 0.2) is 0 Å². The zero-order chi connectivity index (χ0) is 14.8. The van der Waals surface area contributed by atoms with Crippen LogP contribution in [0.3, 0.4) is 0 Å². The van der Waals surface area contributed by atoms with Crippen molar-refractivity contribution in [1.82, 2.24) is 4.90 Å². The average molecular weight is 273 g/mol. The number of carbonyl (C=O) groups excluding carboxylic acids is 1. The Bertz CT molecular complexity index is 363. The van der Waals surface area contributed by atoms with Crippen LogP contribution < -0.4 is 0 Å². The molecule has 2 N–H and O–H groups in total. The minimum Gasteiger partial charge on any atom is -0.481 e. The summed E-state index contributed by atoms with van der Waals surface area (Å²) in [4.78, 5) is 24.6. The smallest absolute Gasteiger partial charge is 0.410 e. The summed E-state index contributed by atoms with van der Waals surface area (Å²) < 4.78 is 5.22. The molecule has 1 rings (SSSR count). The Morgan fingerprint density at radius 2 is 2.00 bits per heavy atom. The molecule has 1 saturated heterocycles. The number of amides is 1. The molecular weight excluding hydrogens is 250 g/mol. The molecule has 0 bridgehead atoms. The first kappa shape index (κ1) is 15.8. The standard InChI is InChI=1S/C13H23NO5/c1-5-13(10(16)17)6-7-14(8-9(13)15)11(18)19-12(2,3)4/h9,15H,5-8H2,1-4H3,(H,16,17). The summed E-state index contributed by atoms with van der Waals surface area (Å²) in [6, 6.07) is 0. The molecule has 6 nitrogen and oxygen atoms in total. The van der Waals surface area contributed by atoms with E-state index in [1.54, 1.807) is 27.7 Å². The highest BCUT2D eigenvalue weighted by Crippen LogP contribution is 2.35. The number of likely N-dealkylation sites (tertiary alicyclic amines) is 1. The summed E-state index contributed by atoms with van der Waals surface area (Å²) >= 11 is 0. The van der Waals surface area contributed by atoms with E-state index in [2.05, 4.69) is 0 Å². The van der Waals surface area contributed by atoms with Gasteiger partial charge in [0.05, 0.1) is 18.1 Å². The molecule has 19 heavy (non-hydrogen) atoms. The van der Waals surface area contributed by atoms with E-state index in [4.69, 9.17) is 4.74 Å². The van der Waals surface area contributed by atoms with Gasteiger partial charge in [-0.25, -0.2) is 4.79 Å². The number of aliphatic carboxylic acids is 1. The van der Waals surface area contributed by atoms with E-state index in [-0.39, 0.29) is 19.5 Å². The molecule has 6 heteroatoms. The fourth-order valence-electron chi connectivity index (χ4n) is 2.28. The van der Waals surface area contributed by atoms with E-state index in [9.17, 15) is 19.8 Å². The molecule has 2 unspecified atom stereocenters. The zero-order valence-electron chi connectivity index (χ0n) is 12.0. The third kappa shape index (κ3) is 3.37. The van der Waals surface area contributed by atoms with Crippen molar-refractivity contribution in [3.8, 4) is 0 Å². The van der Waals surface area contributed by atoms with Crippen LogP contribution in [0.25, 0.3) is 0 Å². The second-order valence-corrected chi connectivity index (χ2v) is 6.01. The second kappa shape index (κ2) is 5.36. The molecule has 0 spiro atoms. The van der Waals surface area contributed by atoms with Crippen molar-refractivity contribution in [2.75, 3.05) is 13.1 Å². The summed E-state index contributed by atoms with van der Waals surface area (Å²) in [6.07, 6.45) is -1.01. The number of carbonyl (C=O) groups is 2. The Morgan fingerprint density at radius 3 is 2.37 bits per heavy atom. The van der Waals surface area contributed by atoms with Gasteiger partial charge in [-0.2, -0.15) is 0 Å². The first-order valence-electron chi connectivity index (χ1n) is 6.52. The van der Waals surface area contributed by atoms with Gasteiger partial charge in [-0.3, -0.25) is 4.79 Å². The van der Waals surface area contributed by atoms with Crippen molar-refractivity contribution in [2.45, 2.75) is 52.2 Å². The molecule has 1 aliphatic rings. The van der Waals surface area contributed by atoms with E-state index in [0.717, 1.165) is 0 Å². The molecule has 110 valence electrons. The quantitative estimate of drug-likeness (QED) is 0.795. The number of hydrogen-bond acceptors (Lipinski definition) is 4. The van der Waals surface area contributed by atoms with Crippen LogP contribution in [0, 0.1) is 5.41 Å². The number of ether oxygens (including phenoxy) is 1. The molecular formula is C13H23NO5. The van der Waals surface area contributed by atoms with Crippen molar-refractivity contribution in [3.05, 3.63) is 0 Å². The number of β-amino-alcohol motifs (C(OH)–C–C–N with tert-alkyl or cyclic N) is 1. The van der Waals surface area contributed by atoms with Gasteiger partial charge in [-0.1, -0.05) is 6.92 Å². The number of aliphatic hydroxyl groups is 1. The van der Waals surface area contributed by atoms with Gasteiger partial charge in [0, 0.05) is 6.54 Å². The fourth-order valence-corrected chi connectivity index (χ4v) is 2.28. The van der Waals surface area contributed by atoms with Gasteiger partial charge >= 0.3 is 12.1 Å². The van der Waals surface area contributed by atoms with Gasteiger partial charge in [0.15, 0.2) is 0 Å². The van der Waals surface area contributed by atoms with Crippen molar-refractivity contribution < 1.29 is 24.5 Å². The summed E-state index contributed by atoms with van der Waals surface area (Å²) in [5, 5.41) is 19.4. The van der Waals surface area contributed by atoms with E-state index in [1.807, 2.05) is 0 Å². The Labute approximate surface area is 113 Å². The summed E-state index contributed by atoms with van der Waals surface area (Å²) in [7, 11) is 0. The maximum atomic E-state index is 11.9. The second-order valence-electron chi connectivity index (χ2n) is 6.01. The topological polar surface area (TPSA) is 87.1 Å². The summed E-state index contributed by atoms with van der Waals surface area (Å²) in [6.45, 7) is 7.30. The van der Waals surface area contributed by atoms with Crippen molar-refractivity contribution in [3.63, 3.8) is 0 Å². The first-order chi connectivity index (χ1) is 8.62. The van der Waals surface area contributed by atoms with Crippen LogP contribution in [-0.4, -0.2) is 52.0 Å². The lowest BCUT2D eigenvalue weighted by Gasteiger charge is -2.42. The maximum Gasteiger partial charge on any atom is 0.410 e. The van der Waals surface area contributed by atoms with E-state index < -0.39 is 29.2 Å². The summed E-state index contributed by atoms with van der Waals surface area (Å²) in [5.74, 6) is -1.01. The minimum atomic E-state index is -1.15. The number of hydrogen-bond donors (Lipinski definition) is 2. The predicted molar refractivity (Wildman–Crippen MR) is 68.8 cm³/mol.